The van der Waals surface area contributed by atoms with Crippen LogP contribution in [-0.4, -0.2) is 18.0 Å². The molecule has 19 heavy (non-hydrogen) atoms. The van der Waals surface area contributed by atoms with Crippen molar-refractivity contribution in [3.63, 3.8) is 0 Å². The molecule has 0 bridgehead atoms. The molecular weight excluding hydrogens is 269 g/mol. The lowest BCUT2D eigenvalue weighted by atomic mass is 10.0. The molecule has 0 saturated heterocycles. The van der Waals surface area contributed by atoms with Crippen molar-refractivity contribution in [2.45, 2.75) is 32.9 Å². The van der Waals surface area contributed by atoms with Crippen LogP contribution in [0.4, 0.5) is 27.6 Å². The van der Waals surface area contributed by atoms with Crippen LogP contribution in [0.3, 0.4) is 0 Å². The number of nitrogens with one attached hydrogen (secondary N) is 1. The van der Waals surface area contributed by atoms with Gasteiger partial charge in [-0.2, -0.15) is 22.0 Å². The van der Waals surface area contributed by atoms with Crippen molar-refractivity contribution < 1.29 is 26.7 Å². The maximum atomic E-state index is 12.8. The fourth-order valence-electron chi connectivity index (χ4n) is 1.70. The van der Waals surface area contributed by atoms with Crippen molar-refractivity contribution in [1.29, 1.82) is 0 Å². The lowest BCUT2D eigenvalue weighted by molar-refractivity contribution is -0.267. The molecule has 0 unspecified atom stereocenters. The predicted molar refractivity (Wildman–Crippen MR) is 60.3 cm³/mol. The van der Waals surface area contributed by atoms with E-state index in [4.69, 9.17) is 0 Å². The highest BCUT2D eigenvalue weighted by Crippen LogP contribution is 2.36. The smallest absolute Gasteiger partial charge is 0.320 e. The van der Waals surface area contributed by atoms with Crippen LogP contribution in [0.1, 0.15) is 16.7 Å². The number of hydrogen-bond donors (Lipinski definition) is 1. The normalized spacial score (nSPS) is 12.4. The third-order valence-electron chi connectivity index (χ3n) is 2.56. The monoisotopic (exact) mass is 281 g/mol. The highest BCUT2D eigenvalue weighted by Gasteiger charge is 2.63. The minimum absolute atomic E-state index is 0.0282. The largest absolute Gasteiger partial charge is 0.463 e. The predicted octanol–water partition coefficient (Wildman–Crippen LogP) is 3.75. The molecule has 106 valence electrons. The summed E-state index contributed by atoms with van der Waals surface area (Å²) in [6.45, 7) is 4.78. The minimum atomic E-state index is -5.91. The molecule has 0 aliphatic heterocycles. The number of amides is 1. The SMILES string of the molecule is Cc1cc(C)c(NC(=O)C(F)(F)C(F)(F)F)c(C)c1. The molecule has 1 aromatic rings. The Labute approximate surface area is 106 Å². The van der Waals surface area contributed by atoms with Gasteiger partial charge in [-0.15, -0.1) is 0 Å². The van der Waals surface area contributed by atoms with E-state index in [0.29, 0.717) is 11.1 Å². The van der Waals surface area contributed by atoms with Crippen molar-refractivity contribution >= 4 is 11.6 Å². The summed E-state index contributed by atoms with van der Waals surface area (Å²) in [6.07, 6.45) is -5.91. The van der Waals surface area contributed by atoms with Crippen molar-refractivity contribution in [1.82, 2.24) is 0 Å². The first-order valence-corrected chi connectivity index (χ1v) is 5.30. The molecule has 0 aromatic heterocycles. The van der Waals surface area contributed by atoms with Gasteiger partial charge < -0.3 is 5.32 Å². The lowest BCUT2D eigenvalue weighted by Crippen LogP contribution is -2.47. The van der Waals surface area contributed by atoms with E-state index in [1.165, 1.54) is 13.8 Å². The zero-order valence-electron chi connectivity index (χ0n) is 10.5. The summed E-state index contributed by atoms with van der Waals surface area (Å²) in [5.41, 5.74) is 1.63. The molecule has 0 heterocycles. The van der Waals surface area contributed by atoms with Gasteiger partial charge in [-0.1, -0.05) is 17.7 Å². The number of anilines is 1. The number of rotatable bonds is 2. The van der Waals surface area contributed by atoms with Crippen LogP contribution in [-0.2, 0) is 4.79 Å². The topological polar surface area (TPSA) is 29.1 Å². The third kappa shape index (κ3) is 3.02. The zero-order chi connectivity index (χ0) is 15.0. The van der Waals surface area contributed by atoms with Gasteiger partial charge in [0.25, 0.3) is 0 Å². The summed E-state index contributed by atoms with van der Waals surface area (Å²) in [4.78, 5) is 11.1. The summed E-state index contributed by atoms with van der Waals surface area (Å²) in [6, 6.07) is 3.16. The zero-order valence-corrected chi connectivity index (χ0v) is 10.5. The minimum Gasteiger partial charge on any atom is -0.320 e. The Morgan fingerprint density at radius 3 is 1.79 bits per heavy atom. The number of carbonyl (C=O) groups is 1. The molecular formula is C12H12F5NO. The first kappa shape index (κ1) is 15.4. The number of hydrogen-bond acceptors (Lipinski definition) is 1. The maximum Gasteiger partial charge on any atom is 0.463 e. The Bertz CT molecular complexity index is 484. The maximum absolute atomic E-state index is 12.8. The average molecular weight is 281 g/mol. The number of halogens is 5. The molecule has 1 aromatic carbocycles. The third-order valence-corrected chi connectivity index (χ3v) is 2.56. The Kier molecular flexibility index (Phi) is 3.88. The first-order valence-electron chi connectivity index (χ1n) is 5.30. The van der Waals surface area contributed by atoms with Crippen LogP contribution in [0.5, 0.6) is 0 Å². The second-order valence-corrected chi connectivity index (χ2v) is 4.30. The molecule has 0 radical (unpaired) electrons. The van der Waals surface area contributed by atoms with E-state index < -0.39 is 18.0 Å². The van der Waals surface area contributed by atoms with Crippen LogP contribution >= 0.6 is 0 Å². The Morgan fingerprint density at radius 2 is 1.42 bits per heavy atom. The summed E-state index contributed by atoms with van der Waals surface area (Å²) < 4.78 is 61.8. The van der Waals surface area contributed by atoms with E-state index in [1.807, 2.05) is 0 Å². The van der Waals surface area contributed by atoms with Crippen molar-refractivity contribution in [2.24, 2.45) is 0 Å². The van der Waals surface area contributed by atoms with Gasteiger partial charge >= 0.3 is 18.0 Å². The molecule has 0 fully saturated rings. The summed E-state index contributed by atoms with van der Waals surface area (Å²) in [5, 5.41) is 1.64. The van der Waals surface area contributed by atoms with Gasteiger partial charge in [-0.25, -0.2) is 0 Å². The number of alkyl halides is 5. The molecule has 7 heteroatoms. The van der Waals surface area contributed by atoms with Crippen LogP contribution in [0, 0.1) is 20.8 Å². The number of benzene rings is 1. The van der Waals surface area contributed by atoms with Gasteiger partial charge in [0.1, 0.15) is 0 Å². The highest BCUT2D eigenvalue weighted by molar-refractivity contribution is 5.97. The van der Waals surface area contributed by atoms with Gasteiger partial charge in [0.05, 0.1) is 0 Å². The number of aryl methyl sites for hydroxylation is 3. The molecule has 0 aliphatic carbocycles. The van der Waals surface area contributed by atoms with Crippen molar-refractivity contribution in [3.8, 4) is 0 Å². The summed E-state index contributed by atoms with van der Waals surface area (Å²) in [5.74, 6) is -7.80. The van der Waals surface area contributed by atoms with E-state index >= 15 is 0 Å². The fourth-order valence-corrected chi connectivity index (χ4v) is 1.70. The second-order valence-electron chi connectivity index (χ2n) is 4.30. The van der Waals surface area contributed by atoms with E-state index in [2.05, 4.69) is 0 Å². The van der Waals surface area contributed by atoms with Gasteiger partial charge in [-0.05, 0) is 31.9 Å². The average Bonchev–Trinajstić information content (AvgIpc) is 2.21. The van der Waals surface area contributed by atoms with Crippen molar-refractivity contribution in [2.75, 3.05) is 5.32 Å². The molecule has 1 rings (SSSR count). The van der Waals surface area contributed by atoms with Crippen LogP contribution < -0.4 is 5.32 Å². The van der Waals surface area contributed by atoms with Gasteiger partial charge in [0, 0.05) is 5.69 Å². The molecule has 0 spiro atoms. The van der Waals surface area contributed by atoms with E-state index in [0.717, 1.165) is 5.56 Å². The highest BCUT2D eigenvalue weighted by atomic mass is 19.4. The second kappa shape index (κ2) is 4.79. The fraction of sp³-hybridized carbons (Fsp3) is 0.417. The lowest BCUT2D eigenvalue weighted by Gasteiger charge is -2.20. The standard InChI is InChI=1S/C12H12F5NO/c1-6-4-7(2)9(8(3)5-6)18-10(19)11(13,14)12(15,16)17/h4-5H,1-3H3,(H,18,19). The van der Waals surface area contributed by atoms with Crippen LogP contribution in [0.2, 0.25) is 0 Å². The van der Waals surface area contributed by atoms with Crippen LogP contribution in [0.25, 0.3) is 0 Å². The van der Waals surface area contributed by atoms with E-state index in [-0.39, 0.29) is 5.69 Å². The van der Waals surface area contributed by atoms with Gasteiger partial charge in [-0.3, -0.25) is 4.79 Å². The summed E-state index contributed by atoms with van der Waals surface area (Å²) in [7, 11) is 0. The molecule has 0 saturated carbocycles. The molecule has 0 atom stereocenters. The van der Waals surface area contributed by atoms with Gasteiger partial charge in [0.15, 0.2) is 0 Å². The Hall–Kier alpha value is -1.66. The molecule has 2 nitrogen and oxygen atoms in total. The quantitative estimate of drug-likeness (QED) is 0.822. The first-order chi connectivity index (χ1) is 8.46. The molecule has 0 aliphatic rings. The molecule has 1 amide bonds. The Morgan fingerprint density at radius 1 is 1.00 bits per heavy atom. The van der Waals surface area contributed by atoms with Gasteiger partial charge in [0.2, 0.25) is 0 Å². The van der Waals surface area contributed by atoms with Crippen molar-refractivity contribution in [3.05, 3.63) is 28.8 Å². The van der Waals surface area contributed by atoms with E-state index in [9.17, 15) is 26.7 Å². The number of carbonyl (C=O) groups excluding carboxylic acids is 1. The molecule has 1 N–H and O–H groups in total. The van der Waals surface area contributed by atoms with Crippen LogP contribution in [0.15, 0.2) is 12.1 Å². The summed E-state index contributed by atoms with van der Waals surface area (Å²) >= 11 is 0. The Balaban J connectivity index is 3.08. The van der Waals surface area contributed by atoms with E-state index in [1.54, 1.807) is 24.4 Å².